The summed E-state index contributed by atoms with van der Waals surface area (Å²) in [4.78, 5) is 19.3. The Balaban J connectivity index is 1.87. The number of aliphatic imine (C=N–C) groups is 1. The van der Waals surface area contributed by atoms with Crippen molar-refractivity contribution in [3.8, 4) is 11.8 Å². The molecule has 0 saturated heterocycles. The number of rotatable bonds is 3. The lowest BCUT2D eigenvalue weighted by Gasteiger charge is -2.39. The maximum absolute atomic E-state index is 13.2. The van der Waals surface area contributed by atoms with Gasteiger partial charge in [-0.15, -0.1) is 0 Å². The van der Waals surface area contributed by atoms with E-state index in [9.17, 15) is 10.1 Å². The molecule has 3 aromatic rings. The van der Waals surface area contributed by atoms with Crippen LogP contribution in [-0.2, 0) is 0 Å². The van der Waals surface area contributed by atoms with Gasteiger partial charge in [0, 0.05) is 17.5 Å². The largest absolute Gasteiger partial charge is 0.422 e. The van der Waals surface area contributed by atoms with E-state index in [2.05, 4.69) is 6.07 Å². The van der Waals surface area contributed by atoms with Gasteiger partial charge in [-0.2, -0.15) is 5.26 Å². The molecule has 4 rings (SSSR count). The number of nitrogens with zero attached hydrogens (tertiary/aromatic N) is 3. The van der Waals surface area contributed by atoms with E-state index >= 15 is 0 Å². The van der Waals surface area contributed by atoms with Gasteiger partial charge in [0.05, 0.1) is 11.4 Å². The second-order valence-corrected chi connectivity index (χ2v) is 6.64. The standard InChI is InChI=1S/C24H19N3O2/c1-2-24(17-25)26-22(18-11-5-3-6-12-18)20-15-9-10-16-21(20)27(24)23(28)29-19-13-7-4-8-14-19/h3-16H,2H2,1H3/t24-/m0/s1. The molecule has 0 aromatic heterocycles. The van der Waals surface area contributed by atoms with Gasteiger partial charge in [0.15, 0.2) is 0 Å². The zero-order valence-electron chi connectivity index (χ0n) is 15.9. The van der Waals surface area contributed by atoms with Crippen LogP contribution in [0.5, 0.6) is 5.75 Å². The van der Waals surface area contributed by atoms with Crippen molar-refractivity contribution in [2.75, 3.05) is 4.90 Å². The van der Waals surface area contributed by atoms with Crippen LogP contribution in [0.3, 0.4) is 0 Å². The molecule has 142 valence electrons. The summed E-state index contributed by atoms with van der Waals surface area (Å²) in [6.45, 7) is 1.84. The molecule has 29 heavy (non-hydrogen) atoms. The number of para-hydroxylation sites is 2. The lowest BCUT2D eigenvalue weighted by molar-refractivity contribution is 0.201. The Morgan fingerprint density at radius 2 is 1.62 bits per heavy atom. The number of carbonyl (C=O) groups is 1. The Kier molecular flexibility index (Phi) is 4.84. The van der Waals surface area contributed by atoms with Gasteiger partial charge in [0.2, 0.25) is 5.66 Å². The number of hydrogen-bond acceptors (Lipinski definition) is 4. The maximum atomic E-state index is 13.2. The van der Waals surface area contributed by atoms with Crippen LogP contribution in [0, 0.1) is 11.3 Å². The SMILES string of the molecule is CC[C@]1(C#N)N=C(c2ccccc2)c2ccccc2N1C(=O)Oc1ccccc1. The molecule has 0 bridgehead atoms. The van der Waals surface area contributed by atoms with E-state index < -0.39 is 11.8 Å². The summed E-state index contributed by atoms with van der Waals surface area (Å²) >= 11 is 0. The van der Waals surface area contributed by atoms with Crippen molar-refractivity contribution >= 4 is 17.5 Å². The van der Waals surface area contributed by atoms with Gasteiger partial charge in [-0.3, -0.25) is 0 Å². The highest BCUT2D eigenvalue weighted by atomic mass is 16.6. The zero-order chi connectivity index (χ0) is 20.3. The van der Waals surface area contributed by atoms with E-state index in [1.165, 1.54) is 4.90 Å². The van der Waals surface area contributed by atoms with E-state index in [1.807, 2.05) is 67.6 Å². The molecule has 1 heterocycles. The average Bonchev–Trinajstić information content (AvgIpc) is 2.79. The Morgan fingerprint density at radius 1 is 1.00 bits per heavy atom. The number of anilines is 1. The minimum absolute atomic E-state index is 0.318. The van der Waals surface area contributed by atoms with Crippen molar-refractivity contribution < 1.29 is 9.53 Å². The zero-order valence-corrected chi connectivity index (χ0v) is 15.9. The van der Waals surface area contributed by atoms with E-state index in [1.54, 1.807) is 24.3 Å². The Labute approximate surface area is 169 Å². The Morgan fingerprint density at radius 3 is 2.28 bits per heavy atom. The summed E-state index contributed by atoms with van der Waals surface area (Å²) in [7, 11) is 0. The van der Waals surface area contributed by atoms with Gasteiger partial charge in [0.25, 0.3) is 0 Å². The molecule has 0 spiro atoms. The minimum atomic E-state index is -1.40. The summed E-state index contributed by atoms with van der Waals surface area (Å²) in [6.07, 6.45) is -0.319. The molecule has 1 aliphatic heterocycles. The van der Waals surface area contributed by atoms with Gasteiger partial charge >= 0.3 is 6.09 Å². The van der Waals surface area contributed by atoms with E-state index in [-0.39, 0.29) is 0 Å². The van der Waals surface area contributed by atoms with Crippen molar-refractivity contribution in [1.82, 2.24) is 0 Å². The van der Waals surface area contributed by atoms with Crippen LogP contribution in [0.1, 0.15) is 24.5 Å². The topological polar surface area (TPSA) is 65.7 Å². The molecule has 0 aliphatic carbocycles. The lowest BCUT2D eigenvalue weighted by Crippen LogP contribution is -2.54. The molecule has 1 atom stereocenters. The van der Waals surface area contributed by atoms with Crippen LogP contribution < -0.4 is 9.64 Å². The van der Waals surface area contributed by atoms with Crippen molar-refractivity contribution in [3.05, 3.63) is 96.1 Å². The minimum Gasteiger partial charge on any atom is -0.410 e. The van der Waals surface area contributed by atoms with Crippen LogP contribution in [0.4, 0.5) is 10.5 Å². The third-order valence-corrected chi connectivity index (χ3v) is 4.92. The number of amides is 1. The Bertz CT molecular complexity index is 1100. The number of fused-ring (bicyclic) bond motifs is 1. The molecule has 0 fully saturated rings. The molecular weight excluding hydrogens is 362 g/mol. The number of carbonyl (C=O) groups excluding carboxylic acids is 1. The van der Waals surface area contributed by atoms with E-state index in [0.29, 0.717) is 23.6 Å². The van der Waals surface area contributed by atoms with Crippen molar-refractivity contribution in [3.63, 3.8) is 0 Å². The van der Waals surface area contributed by atoms with Gasteiger partial charge in [-0.1, -0.05) is 73.7 Å². The number of nitriles is 1. The van der Waals surface area contributed by atoms with E-state index in [4.69, 9.17) is 9.73 Å². The first-order valence-electron chi connectivity index (χ1n) is 9.41. The molecule has 0 N–H and O–H groups in total. The summed E-state index contributed by atoms with van der Waals surface area (Å²) in [5.74, 6) is 0.413. The first kappa shape index (κ1) is 18.5. The fourth-order valence-electron chi connectivity index (χ4n) is 3.45. The van der Waals surface area contributed by atoms with Crippen molar-refractivity contribution in [2.24, 2.45) is 4.99 Å². The Hall–Kier alpha value is -3.91. The quantitative estimate of drug-likeness (QED) is 0.628. The number of ether oxygens (including phenoxy) is 1. The van der Waals surface area contributed by atoms with Crippen molar-refractivity contribution in [2.45, 2.75) is 19.0 Å². The van der Waals surface area contributed by atoms with Crippen LogP contribution in [0.25, 0.3) is 0 Å². The lowest BCUT2D eigenvalue weighted by atomic mass is 9.93. The highest BCUT2D eigenvalue weighted by molar-refractivity contribution is 6.19. The molecule has 0 radical (unpaired) electrons. The summed E-state index contributed by atoms with van der Waals surface area (Å²) in [5.41, 5.74) is 1.57. The van der Waals surface area contributed by atoms with Crippen LogP contribution in [0.2, 0.25) is 0 Å². The molecular formula is C24H19N3O2. The highest BCUT2D eigenvalue weighted by Crippen LogP contribution is 2.38. The summed E-state index contributed by atoms with van der Waals surface area (Å²) in [6, 6.07) is 28.2. The average molecular weight is 381 g/mol. The first-order valence-corrected chi connectivity index (χ1v) is 9.41. The molecule has 3 aromatic carbocycles. The van der Waals surface area contributed by atoms with Gasteiger partial charge < -0.3 is 4.74 Å². The van der Waals surface area contributed by atoms with Crippen LogP contribution in [0.15, 0.2) is 89.9 Å². The van der Waals surface area contributed by atoms with E-state index in [0.717, 1.165) is 11.1 Å². The van der Waals surface area contributed by atoms with Gasteiger partial charge in [0.1, 0.15) is 11.8 Å². The summed E-state index contributed by atoms with van der Waals surface area (Å²) < 4.78 is 5.58. The van der Waals surface area contributed by atoms with Crippen molar-refractivity contribution in [1.29, 1.82) is 5.26 Å². The van der Waals surface area contributed by atoms with Gasteiger partial charge in [-0.05, 0) is 18.2 Å². The fraction of sp³-hybridized carbons (Fsp3) is 0.125. The molecule has 5 nitrogen and oxygen atoms in total. The summed E-state index contributed by atoms with van der Waals surface area (Å²) in [5, 5.41) is 10.1. The second kappa shape index (κ2) is 7.61. The first-order chi connectivity index (χ1) is 14.2. The maximum Gasteiger partial charge on any atom is 0.422 e. The molecule has 1 aliphatic rings. The predicted molar refractivity (Wildman–Crippen MR) is 112 cm³/mol. The highest BCUT2D eigenvalue weighted by Gasteiger charge is 2.45. The molecule has 1 amide bonds. The molecule has 0 unspecified atom stereocenters. The molecule has 5 heteroatoms. The third kappa shape index (κ3) is 3.26. The van der Waals surface area contributed by atoms with Crippen LogP contribution in [-0.4, -0.2) is 17.5 Å². The number of benzene rings is 3. The monoisotopic (exact) mass is 381 g/mol. The van der Waals surface area contributed by atoms with Gasteiger partial charge in [-0.25, -0.2) is 14.7 Å². The normalized spacial score (nSPS) is 17.7. The fourth-order valence-corrected chi connectivity index (χ4v) is 3.45. The second-order valence-electron chi connectivity index (χ2n) is 6.64. The van der Waals surface area contributed by atoms with Crippen LogP contribution >= 0.6 is 0 Å². The smallest absolute Gasteiger partial charge is 0.410 e. The third-order valence-electron chi connectivity index (χ3n) is 4.92. The molecule has 0 saturated carbocycles. The predicted octanol–water partition coefficient (Wildman–Crippen LogP) is 5.17. The number of hydrogen-bond donors (Lipinski definition) is 0.